The minimum Gasteiger partial charge on any atom is -0.228 e. The highest BCUT2D eigenvalue weighted by Gasteiger charge is 2.18. The van der Waals surface area contributed by atoms with Crippen molar-refractivity contribution < 1.29 is 0 Å². The van der Waals surface area contributed by atoms with Gasteiger partial charge in [0.2, 0.25) is 0 Å². The summed E-state index contributed by atoms with van der Waals surface area (Å²) in [5, 5.41) is 15.1. The van der Waals surface area contributed by atoms with E-state index in [1.165, 1.54) is 59.2 Å². The van der Waals surface area contributed by atoms with E-state index in [-0.39, 0.29) is 0 Å². The third-order valence-electron chi connectivity index (χ3n) is 8.23. The van der Waals surface area contributed by atoms with Crippen molar-refractivity contribution in [3.05, 3.63) is 120 Å². The molecule has 0 saturated heterocycles. The summed E-state index contributed by atoms with van der Waals surface area (Å²) in [5.74, 6) is 0.640. The molecule has 8 aromatic carbocycles. The first kappa shape index (κ1) is 21.2. The van der Waals surface area contributed by atoms with E-state index in [9.17, 15) is 0 Å². The van der Waals surface area contributed by atoms with Crippen molar-refractivity contribution in [3.8, 4) is 22.6 Å². The fourth-order valence-corrected chi connectivity index (χ4v) is 6.78. The molecule has 0 unspecified atom stereocenters. The lowest BCUT2D eigenvalue weighted by molar-refractivity contribution is 1.19. The van der Waals surface area contributed by atoms with Crippen LogP contribution in [0.15, 0.2) is 115 Å². The second-order valence-electron chi connectivity index (χ2n) is 10.3. The molecule has 0 aliphatic rings. The summed E-state index contributed by atoms with van der Waals surface area (Å²) in [6.45, 7) is 0. The molecule has 9 rings (SSSR count). The van der Waals surface area contributed by atoms with Crippen molar-refractivity contribution in [2.75, 3.05) is 0 Å². The van der Waals surface area contributed by atoms with Crippen LogP contribution in [0.1, 0.15) is 0 Å². The zero-order chi connectivity index (χ0) is 25.7. The van der Waals surface area contributed by atoms with Crippen LogP contribution >= 0.6 is 11.6 Å². The highest BCUT2D eigenvalue weighted by atomic mass is 35.5. The third-order valence-corrected chi connectivity index (χ3v) is 8.42. The quantitative estimate of drug-likeness (QED) is 0.169. The number of aromatic nitrogens is 2. The number of rotatable bonds is 2. The number of halogens is 1. The molecule has 0 aliphatic heterocycles. The fourth-order valence-electron chi connectivity index (χ4n) is 6.60. The zero-order valence-corrected chi connectivity index (χ0v) is 21.5. The third kappa shape index (κ3) is 2.92. The monoisotopic (exact) mass is 514 g/mol. The molecule has 0 aliphatic carbocycles. The van der Waals surface area contributed by atoms with Crippen LogP contribution in [-0.2, 0) is 0 Å². The van der Waals surface area contributed by atoms with E-state index in [1.54, 1.807) is 0 Å². The predicted octanol–water partition coefficient (Wildman–Crippen LogP) is 10.3. The van der Waals surface area contributed by atoms with Crippen molar-refractivity contribution in [2.45, 2.75) is 0 Å². The summed E-state index contributed by atoms with van der Waals surface area (Å²) in [7, 11) is 0. The van der Waals surface area contributed by atoms with Crippen LogP contribution in [0, 0.1) is 0 Å². The second-order valence-corrected chi connectivity index (χ2v) is 10.7. The largest absolute Gasteiger partial charge is 0.228 e. The van der Waals surface area contributed by atoms with Gasteiger partial charge in [-0.2, -0.15) is 0 Å². The Morgan fingerprint density at radius 1 is 0.410 bits per heavy atom. The molecule has 1 aromatic heterocycles. The lowest BCUT2D eigenvalue weighted by Crippen LogP contribution is -1.96. The normalized spacial score (nSPS) is 12.2. The van der Waals surface area contributed by atoms with Crippen molar-refractivity contribution in [1.29, 1.82) is 0 Å². The summed E-state index contributed by atoms with van der Waals surface area (Å²) >= 11 is 6.75. The van der Waals surface area contributed by atoms with Gasteiger partial charge in [0.25, 0.3) is 0 Å². The van der Waals surface area contributed by atoms with E-state index in [1.807, 2.05) is 6.07 Å². The molecule has 2 nitrogen and oxygen atoms in total. The summed E-state index contributed by atoms with van der Waals surface area (Å²) in [6.07, 6.45) is 0. The molecule has 39 heavy (non-hydrogen) atoms. The fraction of sp³-hybridized carbons (Fsp3) is 0. The Morgan fingerprint density at radius 2 is 0.872 bits per heavy atom. The molecule has 0 atom stereocenters. The summed E-state index contributed by atoms with van der Waals surface area (Å²) in [5.41, 5.74) is 2.89. The second kappa shape index (κ2) is 7.63. The van der Waals surface area contributed by atoms with E-state index in [4.69, 9.17) is 21.6 Å². The van der Waals surface area contributed by atoms with Crippen LogP contribution in [0.4, 0.5) is 0 Å². The van der Waals surface area contributed by atoms with E-state index >= 15 is 0 Å². The maximum Gasteiger partial charge on any atom is 0.162 e. The topological polar surface area (TPSA) is 25.8 Å². The predicted molar refractivity (Wildman–Crippen MR) is 165 cm³/mol. The Bertz CT molecular complexity index is 2240. The van der Waals surface area contributed by atoms with Crippen molar-refractivity contribution >= 4 is 76.2 Å². The number of hydrogen-bond donors (Lipinski definition) is 0. The van der Waals surface area contributed by atoms with Crippen LogP contribution in [-0.4, -0.2) is 9.97 Å². The molecule has 180 valence electrons. The Balaban J connectivity index is 1.37. The van der Waals surface area contributed by atoms with Gasteiger partial charge in [-0.25, -0.2) is 9.97 Å². The highest BCUT2D eigenvalue weighted by Crippen LogP contribution is 2.42. The first-order chi connectivity index (χ1) is 19.2. The molecule has 3 heteroatoms. The van der Waals surface area contributed by atoms with Gasteiger partial charge in [-0.1, -0.05) is 109 Å². The van der Waals surface area contributed by atoms with Crippen molar-refractivity contribution in [3.63, 3.8) is 0 Å². The van der Waals surface area contributed by atoms with Gasteiger partial charge in [0.1, 0.15) is 5.15 Å². The van der Waals surface area contributed by atoms with Gasteiger partial charge < -0.3 is 0 Å². The Labute approximate surface area is 228 Å². The lowest BCUT2D eigenvalue weighted by atomic mass is 9.90. The smallest absolute Gasteiger partial charge is 0.162 e. The van der Waals surface area contributed by atoms with Crippen molar-refractivity contribution in [1.82, 2.24) is 9.97 Å². The molecule has 0 spiro atoms. The van der Waals surface area contributed by atoms with Crippen LogP contribution in [0.2, 0.25) is 5.15 Å². The van der Waals surface area contributed by atoms with Gasteiger partial charge in [-0.3, -0.25) is 0 Å². The summed E-state index contributed by atoms with van der Waals surface area (Å²) in [6, 6.07) is 41.1. The van der Waals surface area contributed by atoms with Crippen LogP contribution in [0.5, 0.6) is 0 Å². The van der Waals surface area contributed by atoms with E-state index in [2.05, 4.69) is 109 Å². The molecule has 0 fully saturated rings. The van der Waals surface area contributed by atoms with Gasteiger partial charge in [0.15, 0.2) is 5.82 Å². The van der Waals surface area contributed by atoms with Crippen LogP contribution in [0.3, 0.4) is 0 Å². The number of hydrogen-bond acceptors (Lipinski definition) is 2. The minimum absolute atomic E-state index is 0.435. The molecule has 0 N–H and O–H groups in total. The Kier molecular flexibility index (Phi) is 4.14. The van der Waals surface area contributed by atoms with Crippen molar-refractivity contribution in [2.24, 2.45) is 0 Å². The van der Waals surface area contributed by atoms with Crippen LogP contribution < -0.4 is 0 Å². The average Bonchev–Trinajstić information content (AvgIpc) is 2.98. The van der Waals surface area contributed by atoms with Gasteiger partial charge in [-0.15, -0.1) is 0 Å². The number of benzene rings is 8. The Morgan fingerprint density at radius 3 is 1.46 bits per heavy atom. The first-order valence-corrected chi connectivity index (χ1v) is 13.5. The van der Waals surface area contributed by atoms with E-state index in [0.29, 0.717) is 11.0 Å². The van der Waals surface area contributed by atoms with Gasteiger partial charge >= 0.3 is 0 Å². The van der Waals surface area contributed by atoms with Crippen LogP contribution in [0.25, 0.3) is 87.3 Å². The van der Waals surface area contributed by atoms with E-state index < -0.39 is 0 Å². The SMILES string of the molecule is Clc1cc(-c2cc3cccc4ccc5cccc2c5c43)nc(-c2cc3cccc4ccc5cccc2c5c43)n1. The molecule has 9 aromatic rings. The minimum atomic E-state index is 0.435. The molecule has 0 bridgehead atoms. The first-order valence-electron chi connectivity index (χ1n) is 13.1. The molecular weight excluding hydrogens is 496 g/mol. The van der Waals surface area contributed by atoms with Gasteiger partial charge in [0.05, 0.1) is 5.69 Å². The number of nitrogens with zero attached hydrogens (tertiary/aromatic N) is 2. The zero-order valence-electron chi connectivity index (χ0n) is 20.7. The summed E-state index contributed by atoms with van der Waals surface area (Å²) in [4.78, 5) is 9.96. The molecule has 0 radical (unpaired) electrons. The van der Waals surface area contributed by atoms with Gasteiger partial charge in [-0.05, 0) is 76.8 Å². The molecular formula is C36H19ClN2. The molecule has 0 amide bonds. The molecule has 0 saturated carbocycles. The highest BCUT2D eigenvalue weighted by molar-refractivity contribution is 6.31. The van der Waals surface area contributed by atoms with Gasteiger partial charge in [0, 0.05) is 17.2 Å². The average molecular weight is 515 g/mol. The maximum absolute atomic E-state index is 6.75. The maximum atomic E-state index is 6.75. The lowest BCUT2D eigenvalue weighted by Gasteiger charge is -2.16. The Hall–Kier alpha value is -4.79. The molecule has 1 heterocycles. The summed E-state index contributed by atoms with van der Waals surface area (Å²) < 4.78 is 0. The standard InChI is InChI=1S/C36H19ClN2/c37-31-19-30(28-17-24-9-1-5-20-13-15-22-7-3-11-26(28)34(22)32(20)24)38-36(39-31)29-18-25-10-2-6-21-14-16-23-8-4-12-27(29)35(23)33(21)25/h1-19H. The van der Waals surface area contributed by atoms with E-state index in [0.717, 1.165) is 22.2 Å².